The SMILES string of the molecule is Nc1c(N)c(-c2ccccc2)c(N)c(N)c1-c1ccccc1. The lowest BCUT2D eigenvalue weighted by molar-refractivity contribution is 1.57. The molecule has 0 aromatic heterocycles. The van der Waals surface area contributed by atoms with Gasteiger partial charge in [-0.2, -0.15) is 0 Å². The van der Waals surface area contributed by atoms with E-state index in [0.717, 1.165) is 11.1 Å². The average molecular weight is 290 g/mol. The van der Waals surface area contributed by atoms with Crippen molar-refractivity contribution in [3.05, 3.63) is 60.7 Å². The molecule has 0 aliphatic rings. The van der Waals surface area contributed by atoms with E-state index in [1.54, 1.807) is 0 Å². The minimum atomic E-state index is 0.455. The van der Waals surface area contributed by atoms with Gasteiger partial charge in [0.15, 0.2) is 0 Å². The summed E-state index contributed by atoms with van der Waals surface area (Å²) in [4.78, 5) is 0. The predicted molar refractivity (Wildman–Crippen MR) is 95.0 cm³/mol. The fourth-order valence-electron chi connectivity index (χ4n) is 2.66. The van der Waals surface area contributed by atoms with E-state index in [2.05, 4.69) is 0 Å². The molecule has 0 heterocycles. The summed E-state index contributed by atoms with van der Waals surface area (Å²) < 4.78 is 0. The van der Waals surface area contributed by atoms with Gasteiger partial charge < -0.3 is 22.9 Å². The average Bonchev–Trinajstić information content (AvgIpc) is 2.55. The number of nitrogens with two attached hydrogens (primary N) is 4. The van der Waals surface area contributed by atoms with Gasteiger partial charge in [-0.05, 0) is 11.1 Å². The topological polar surface area (TPSA) is 104 Å². The Morgan fingerprint density at radius 1 is 0.409 bits per heavy atom. The van der Waals surface area contributed by atoms with E-state index in [1.165, 1.54) is 0 Å². The molecule has 0 amide bonds. The first-order valence-electron chi connectivity index (χ1n) is 6.98. The number of hydrogen-bond donors (Lipinski definition) is 4. The van der Waals surface area contributed by atoms with Crippen molar-refractivity contribution in [1.82, 2.24) is 0 Å². The predicted octanol–water partition coefficient (Wildman–Crippen LogP) is 3.35. The first kappa shape index (κ1) is 13.8. The van der Waals surface area contributed by atoms with Crippen LogP contribution in [0.15, 0.2) is 60.7 Å². The van der Waals surface area contributed by atoms with Crippen LogP contribution in [0.2, 0.25) is 0 Å². The summed E-state index contributed by atoms with van der Waals surface area (Å²) in [5, 5.41) is 0. The van der Waals surface area contributed by atoms with Crippen LogP contribution in [0.4, 0.5) is 22.7 Å². The van der Waals surface area contributed by atoms with Gasteiger partial charge in [0.2, 0.25) is 0 Å². The molecule has 0 aliphatic heterocycles. The highest BCUT2D eigenvalue weighted by molar-refractivity contribution is 6.07. The lowest BCUT2D eigenvalue weighted by atomic mass is 9.92. The Labute approximate surface area is 129 Å². The Morgan fingerprint density at radius 2 is 0.682 bits per heavy atom. The Bertz CT molecular complexity index is 712. The monoisotopic (exact) mass is 290 g/mol. The van der Waals surface area contributed by atoms with E-state index in [-0.39, 0.29) is 0 Å². The molecule has 110 valence electrons. The summed E-state index contributed by atoms with van der Waals surface area (Å²) in [6, 6.07) is 19.3. The first-order chi connectivity index (χ1) is 10.6. The molecule has 8 N–H and O–H groups in total. The Kier molecular flexibility index (Phi) is 3.35. The maximum Gasteiger partial charge on any atom is 0.0656 e. The van der Waals surface area contributed by atoms with Crippen LogP contribution in [0.1, 0.15) is 0 Å². The zero-order chi connectivity index (χ0) is 15.7. The molecule has 0 bridgehead atoms. The van der Waals surface area contributed by atoms with Crippen molar-refractivity contribution in [1.29, 1.82) is 0 Å². The van der Waals surface area contributed by atoms with Gasteiger partial charge in [-0.25, -0.2) is 0 Å². The molecule has 22 heavy (non-hydrogen) atoms. The van der Waals surface area contributed by atoms with Crippen molar-refractivity contribution in [3.63, 3.8) is 0 Å². The van der Waals surface area contributed by atoms with Crippen molar-refractivity contribution in [3.8, 4) is 22.3 Å². The van der Waals surface area contributed by atoms with E-state index in [0.29, 0.717) is 33.9 Å². The van der Waals surface area contributed by atoms with Gasteiger partial charge in [-0.1, -0.05) is 60.7 Å². The molecule has 3 aromatic rings. The molecule has 0 fully saturated rings. The van der Waals surface area contributed by atoms with Crippen LogP contribution >= 0.6 is 0 Å². The summed E-state index contributed by atoms with van der Waals surface area (Å²) >= 11 is 0. The molecule has 4 heteroatoms. The highest BCUT2D eigenvalue weighted by Gasteiger charge is 2.19. The van der Waals surface area contributed by atoms with Crippen LogP contribution in [0, 0.1) is 0 Å². The molecule has 3 rings (SSSR count). The molecular formula is C18H18N4. The van der Waals surface area contributed by atoms with Crippen molar-refractivity contribution < 1.29 is 0 Å². The summed E-state index contributed by atoms with van der Waals surface area (Å²) in [5.74, 6) is 0. The Balaban J connectivity index is 2.31. The summed E-state index contributed by atoms with van der Waals surface area (Å²) in [5.41, 5.74) is 30.0. The highest BCUT2D eigenvalue weighted by Crippen LogP contribution is 2.46. The quantitative estimate of drug-likeness (QED) is 0.543. The fraction of sp³-hybridized carbons (Fsp3) is 0. The number of benzene rings is 3. The van der Waals surface area contributed by atoms with Gasteiger partial charge in [0, 0.05) is 11.1 Å². The second-order valence-corrected chi connectivity index (χ2v) is 5.14. The van der Waals surface area contributed by atoms with Crippen LogP contribution < -0.4 is 22.9 Å². The maximum absolute atomic E-state index is 6.26. The Morgan fingerprint density at radius 3 is 0.955 bits per heavy atom. The second-order valence-electron chi connectivity index (χ2n) is 5.14. The zero-order valence-electron chi connectivity index (χ0n) is 12.1. The first-order valence-corrected chi connectivity index (χ1v) is 6.98. The standard InChI is InChI=1S/C18H18N4/c19-15-13(11-7-3-1-4-8-11)16(20)18(22)14(17(15)21)12-9-5-2-6-10-12/h1-10H,19-22H2. The number of hydrogen-bond acceptors (Lipinski definition) is 4. The molecule has 0 aliphatic carbocycles. The van der Waals surface area contributed by atoms with E-state index < -0.39 is 0 Å². The molecular weight excluding hydrogens is 272 g/mol. The van der Waals surface area contributed by atoms with Crippen LogP contribution in [0.5, 0.6) is 0 Å². The largest absolute Gasteiger partial charge is 0.396 e. The zero-order valence-corrected chi connectivity index (χ0v) is 12.1. The van der Waals surface area contributed by atoms with Gasteiger partial charge >= 0.3 is 0 Å². The van der Waals surface area contributed by atoms with Crippen molar-refractivity contribution in [2.45, 2.75) is 0 Å². The van der Waals surface area contributed by atoms with E-state index in [4.69, 9.17) is 22.9 Å². The van der Waals surface area contributed by atoms with E-state index in [1.807, 2.05) is 60.7 Å². The highest BCUT2D eigenvalue weighted by atomic mass is 14.8. The molecule has 0 atom stereocenters. The molecule has 4 nitrogen and oxygen atoms in total. The van der Waals surface area contributed by atoms with Crippen molar-refractivity contribution in [2.75, 3.05) is 22.9 Å². The number of anilines is 4. The van der Waals surface area contributed by atoms with Crippen LogP contribution in [0.3, 0.4) is 0 Å². The lowest BCUT2D eigenvalue weighted by Gasteiger charge is -2.19. The maximum atomic E-state index is 6.26. The third-order valence-electron chi connectivity index (χ3n) is 3.78. The lowest BCUT2D eigenvalue weighted by Crippen LogP contribution is -2.08. The van der Waals surface area contributed by atoms with Crippen LogP contribution in [-0.4, -0.2) is 0 Å². The molecule has 3 aromatic carbocycles. The smallest absolute Gasteiger partial charge is 0.0656 e. The Hall–Kier alpha value is -3.14. The van der Waals surface area contributed by atoms with E-state index in [9.17, 15) is 0 Å². The van der Waals surface area contributed by atoms with Gasteiger partial charge in [0.25, 0.3) is 0 Å². The molecule has 0 radical (unpaired) electrons. The summed E-state index contributed by atoms with van der Waals surface area (Å²) in [6.45, 7) is 0. The molecule has 0 spiro atoms. The number of nitrogen functional groups attached to an aromatic ring is 4. The number of rotatable bonds is 2. The normalized spacial score (nSPS) is 10.5. The third-order valence-corrected chi connectivity index (χ3v) is 3.78. The third kappa shape index (κ3) is 2.11. The van der Waals surface area contributed by atoms with Crippen molar-refractivity contribution in [2.24, 2.45) is 0 Å². The van der Waals surface area contributed by atoms with Crippen LogP contribution in [0.25, 0.3) is 22.3 Å². The van der Waals surface area contributed by atoms with E-state index >= 15 is 0 Å². The van der Waals surface area contributed by atoms with Crippen molar-refractivity contribution >= 4 is 22.7 Å². The molecule has 0 unspecified atom stereocenters. The van der Waals surface area contributed by atoms with Crippen LogP contribution in [-0.2, 0) is 0 Å². The van der Waals surface area contributed by atoms with Gasteiger partial charge in [-0.15, -0.1) is 0 Å². The second kappa shape index (κ2) is 5.33. The minimum absolute atomic E-state index is 0.455. The van der Waals surface area contributed by atoms with Gasteiger partial charge in [0.05, 0.1) is 22.7 Å². The van der Waals surface area contributed by atoms with Gasteiger partial charge in [-0.3, -0.25) is 0 Å². The fourth-order valence-corrected chi connectivity index (χ4v) is 2.66. The molecule has 0 saturated heterocycles. The molecule has 0 saturated carbocycles. The van der Waals surface area contributed by atoms with Gasteiger partial charge in [0.1, 0.15) is 0 Å². The summed E-state index contributed by atoms with van der Waals surface area (Å²) in [7, 11) is 0. The summed E-state index contributed by atoms with van der Waals surface area (Å²) in [6.07, 6.45) is 0. The minimum Gasteiger partial charge on any atom is -0.396 e.